The van der Waals surface area contributed by atoms with Gasteiger partial charge in [-0.3, -0.25) is 19.3 Å². The van der Waals surface area contributed by atoms with Crippen LogP contribution in [0.15, 0.2) is 91.0 Å². The van der Waals surface area contributed by atoms with E-state index in [2.05, 4.69) is 10.2 Å². The minimum atomic E-state index is -0.663. The number of nitrogens with one attached hydrogen (secondary N) is 1. The zero-order valence-corrected chi connectivity index (χ0v) is 23.5. The number of ketones is 1. The number of likely N-dealkylation sites (N-methyl/N-ethyl adjacent to an activating group) is 1. The summed E-state index contributed by atoms with van der Waals surface area (Å²) in [4.78, 5) is 43.1. The lowest BCUT2D eigenvalue weighted by molar-refractivity contribution is -0.136. The Bertz CT molecular complexity index is 1210. The Morgan fingerprint density at radius 2 is 1.36 bits per heavy atom. The summed E-state index contributed by atoms with van der Waals surface area (Å²) < 4.78 is 0. The molecule has 7 heteroatoms. The third-order valence-corrected chi connectivity index (χ3v) is 7.63. The van der Waals surface area contributed by atoms with E-state index in [4.69, 9.17) is 0 Å². The highest BCUT2D eigenvalue weighted by Crippen LogP contribution is 2.36. The maximum absolute atomic E-state index is 13.5. The van der Waals surface area contributed by atoms with Crippen LogP contribution in [-0.2, 0) is 32.8 Å². The Balaban J connectivity index is 0.00000420. The van der Waals surface area contributed by atoms with Crippen molar-refractivity contribution in [1.29, 1.82) is 0 Å². The van der Waals surface area contributed by atoms with Gasteiger partial charge in [-0.1, -0.05) is 91.0 Å². The normalized spacial score (nSPS) is 15.4. The van der Waals surface area contributed by atoms with E-state index in [1.54, 1.807) is 18.9 Å². The molecule has 1 N–H and O–H groups in total. The van der Waals surface area contributed by atoms with E-state index in [0.29, 0.717) is 38.9 Å². The number of nitrogens with zero attached hydrogens (tertiary/aromatic N) is 2. The Morgan fingerprint density at radius 3 is 1.90 bits per heavy atom. The Hall–Kier alpha value is -3.48. The molecule has 3 aromatic rings. The molecule has 1 saturated heterocycles. The van der Waals surface area contributed by atoms with Crippen LogP contribution in [0.25, 0.3) is 0 Å². The summed E-state index contributed by atoms with van der Waals surface area (Å²) in [5, 5.41) is 3.02. The first-order valence-corrected chi connectivity index (χ1v) is 13.3. The summed E-state index contributed by atoms with van der Waals surface area (Å²) >= 11 is 0. The second-order valence-electron chi connectivity index (χ2n) is 10.3. The Kier molecular flexibility index (Phi) is 10.8. The fourth-order valence-electron chi connectivity index (χ4n) is 5.39. The van der Waals surface area contributed by atoms with Gasteiger partial charge in [0.25, 0.3) is 0 Å². The predicted octanol–water partition coefficient (Wildman–Crippen LogP) is 4.42. The van der Waals surface area contributed by atoms with Crippen molar-refractivity contribution in [3.63, 3.8) is 0 Å². The van der Waals surface area contributed by atoms with Crippen molar-refractivity contribution in [3.8, 4) is 0 Å². The highest BCUT2D eigenvalue weighted by atomic mass is 35.5. The molecule has 0 saturated carbocycles. The predicted molar refractivity (Wildman–Crippen MR) is 157 cm³/mol. The fourth-order valence-corrected chi connectivity index (χ4v) is 5.39. The largest absolute Gasteiger partial charge is 0.343 e. The van der Waals surface area contributed by atoms with Crippen LogP contribution < -0.4 is 5.32 Å². The topological polar surface area (TPSA) is 69.7 Å². The molecule has 1 heterocycles. The number of benzene rings is 3. The Morgan fingerprint density at radius 1 is 0.846 bits per heavy atom. The molecule has 1 atom stereocenters. The summed E-state index contributed by atoms with van der Waals surface area (Å²) in [6.07, 6.45) is 1.77. The highest BCUT2D eigenvalue weighted by molar-refractivity contribution is 5.89. The van der Waals surface area contributed by atoms with Crippen molar-refractivity contribution in [1.82, 2.24) is 15.1 Å². The molecule has 1 aliphatic heterocycles. The Labute approximate surface area is 237 Å². The second-order valence-corrected chi connectivity index (χ2v) is 10.3. The monoisotopic (exact) mass is 547 g/mol. The zero-order valence-electron chi connectivity index (χ0n) is 22.7. The molecule has 206 valence electrons. The number of hydrogen-bond donors (Lipinski definition) is 1. The van der Waals surface area contributed by atoms with Crippen LogP contribution in [0.4, 0.5) is 0 Å². The van der Waals surface area contributed by atoms with Gasteiger partial charge in [-0.15, -0.1) is 12.4 Å². The molecule has 0 radical (unpaired) electrons. The van der Waals surface area contributed by atoms with Crippen molar-refractivity contribution in [3.05, 3.63) is 108 Å². The molecule has 0 unspecified atom stereocenters. The number of piperidine rings is 1. The molecular weight excluding hydrogens is 510 g/mol. The van der Waals surface area contributed by atoms with E-state index in [0.717, 1.165) is 16.7 Å². The third-order valence-electron chi connectivity index (χ3n) is 7.63. The van der Waals surface area contributed by atoms with Gasteiger partial charge in [-0.05, 0) is 49.5 Å². The number of halogens is 1. The lowest BCUT2D eigenvalue weighted by Crippen LogP contribution is -2.53. The fraction of sp³-hybridized carbons (Fsp3) is 0.344. The molecule has 2 amide bonds. The first kappa shape index (κ1) is 30.1. The van der Waals surface area contributed by atoms with Gasteiger partial charge in [-0.2, -0.15) is 0 Å². The van der Waals surface area contributed by atoms with Crippen molar-refractivity contribution in [2.75, 3.05) is 26.7 Å². The van der Waals surface area contributed by atoms with E-state index in [1.807, 2.05) is 91.0 Å². The summed E-state index contributed by atoms with van der Waals surface area (Å²) in [7, 11) is 1.77. The van der Waals surface area contributed by atoms with Crippen molar-refractivity contribution < 1.29 is 14.4 Å². The lowest BCUT2D eigenvalue weighted by Gasteiger charge is -2.40. The van der Waals surface area contributed by atoms with Gasteiger partial charge in [0.1, 0.15) is 11.8 Å². The molecule has 3 aromatic carbocycles. The molecule has 0 aliphatic carbocycles. The van der Waals surface area contributed by atoms with Crippen molar-refractivity contribution in [2.24, 2.45) is 0 Å². The number of carbonyl (C=O) groups excluding carboxylic acids is 3. The molecule has 0 spiro atoms. The molecular formula is C32H38ClN3O3. The van der Waals surface area contributed by atoms with E-state index < -0.39 is 11.5 Å². The molecule has 0 aromatic heterocycles. The summed E-state index contributed by atoms with van der Waals surface area (Å²) in [5.41, 5.74) is 2.58. The molecule has 1 aliphatic rings. The quantitative estimate of drug-likeness (QED) is 0.408. The van der Waals surface area contributed by atoms with E-state index in [1.165, 1.54) is 0 Å². The number of Topliss-reactive ketones (excluding diaryl/α,β-unsaturated/α-hetero) is 1. The maximum Gasteiger partial charge on any atom is 0.245 e. The third kappa shape index (κ3) is 7.78. The van der Waals surface area contributed by atoms with Crippen LogP contribution >= 0.6 is 12.4 Å². The van der Waals surface area contributed by atoms with Crippen LogP contribution in [0.2, 0.25) is 0 Å². The van der Waals surface area contributed by atoms with Gasteiger partial charge in [0.15, 0.2) is 0 Å². The average Bonchev–Trinajstić information content (AvgIpc) is 2.94. The van der Waals surface area contributed by atoms with Crippen LogP contribution in [0.5, 0.6) is 0 Å². The van der Waals surface area contributed by atoms with Gasteiger partial charge >= 0.3 is 0 Å². The zero-order chi connectivity index (χ0) is 27.0. The standard InChI is InChI=1S/C32H37N3O3.ClH/c1-25(36)32(28-16-10-5-11-17-28)18-20-35(21-19-32)24-30(37)33-29(22-26-12-6-3-7-13-26)31(38)34(2)23-27-14-8-4-9-15-27;/h3-17,29H,18-24H2,1-2H3,(H,33,37);1H/t29-;/m0./s1. The second kappa shape index (κ2) is 14.1. The highest BCUT2D eigenvalue weighted by Gasteiger charge is 2.40. The van der Waals surface area contributed by atoms with E-state index in [9.17, 15) is 14.4 Å². The summed E-state index contributed by atoms with van der Waals surface area (Å²) in [6.45, 7) is 3.63. The van der Waals surface area contributed by atoms with Gasteiger partial charge < -0.3 is 10.2 Å². The molecule has 0 bridgehead atoms. The van der Waals surface area contributed by atoms with Crippen LogP contribution in [0, 0.1) is 0 Å². The van der Waals surface area contributed by atoms with Gasteiger partial charge in [0.2, 0.25) is 11.8 Å². The first-order valence-electron chi connectivity index (χ1n) is 13.3. The summed E-state index contributed by atoms with van der Waals surface area (Å²) in [6, 6.07) is 28.9. The molecule has 1 fully saturated rings. The average molecular weight is 548 g/mol. The smallest absolute Gasteiger partial charge is 0.245 e. The molecule has 39 heavy (non-hydrogen) atoms. The number of hydrogen-bond acceptors (Lipinski definition) is 4. The maximum atomic E-state index is 13.5. The lowest BCUT2D eigenvalue weighted by atomic mass is 9.70. The van der Waals surface area contributed by atoms with E-state index >= 15 is 0 Å². The number of carbonyl (C=O) groups is 3. The number of rotatable bonds is 10. The number of amides is 2. The van der Waals surface area contributed by atoms with Crippen molar-refractivity contribution >= 4 is 30.0 Å². The minimum absolute atomic E-state index is 0. The van der Waals surface area contributed by atoms with Gasteiger partial charge in [0, 0.05) is 20.0 Å². The van der Waals surface area contributed by atoms with Crippen molar-refractivity contribution in [2.45, 2.75) is 44.2 Å². The van der Waals surface area contributed by atoms with Crippen LogP contribution in [-0.4, -0.2) is 60.1 Å². The molecule has 4 rings (SSSR count). The summed E-state index contributed by atoms with van der Waals surface area (Å²) in [5.74, 6) is -0.130. The number of likely N-dealkylation sites (tertiary alicyclic amines) is 1. The SMILES string of the molecule is CC(=O)C1(c2ccccc2)CCN(CC(=O)N[C@@H](Cc2ccccc2)C(=O)N(C)Cc2ccccc2)CC1.Cl. The minimum Gasteiger partial charge on any atom is -0.343 e. The first-order chi connectivity index (χ1) is 18.4. The van der Waals surface area contributed by atoms with Crippen LogP contribution in [0.1, 0.15) is 36.5 Å². The van der Waals surface area contributed by atoms with E-state index in [-0.39, 0.29) is 36.5 Å². The molecule has 6 nitrogen and oxygen atoms in total. The van der Waals surface area contributed by atoms with Gasteiger partial charge in [0.05, 0.1) is 12.0 Å². The van der Waals surface area contributed by atoms with Gasteiger partial charge in [-0.25, -0.2) is 0 Å². The van der Waals surface area contributed by atoms with Crippen LogP contribution in [0.3, 0.4) is 0 Å².